The van der Waals surface area contributed by atoms with E-state index in [2.05, 4.69) is 16.9 Å². The van der Waals surface area contributed by atoms with Crippen LogP contribution in [0.3, 0.4) is 0 Å². The number of hydrogen-bond acceptors (Lipinski definition) is 4. The third-order valence-electron chi connectivity index (χ3n) is 1.72. The summed E-state index contributed by atoms with van der Waals surface area (Å²) < 4.78 is 4.95. The summed E-state index contributed by atoms with van der Waals surface area (Å²) in [6.45, 7) is 2.56. The van der Waals surface area contributed by atoms with Crippen molar-refractivity contribution in [2.45, 2.75) is 26.4 Å². The maximum Gasteiger partial charge on any atom is 0.132 e. The molecule has 0 aliphatic rings. The highest BCUT2D eigenvalue weighted by molar-refractivity contribution is 5.36. The van der Waals surface area contributed by atoms with Crippen LogP contribution in [-0.4, -0.2) is 17.1 Å². The lowest BCUT2D eigenvalue weighted by atomic mass is 10.3. The van der Waals surface area contributed by atoms with E-state index in [4.69, 9.17) is 10.5 Å². The van der Waals surface area contributed by atoms with Crippen LogP contribution < -0.4 is 5.73 Å². The first-order valence-electron chi connectivity index (χ1n) is 4.37. The number of aromatic nitrogens is 2. The van der Waals surface area contributed by atoms with Crippen LogP contribution >= 0.6 is 0 Å². The van der Waals surface area contributed by atoms with Gasteiger partial charge >= 0.3 is 0 Å². The van der Waals surface area contributed by atoms with Gasteiger partial charge in [0.25, 0.3) is 0 Å². The van der Waals surface area contributed by atoms with Crippen LogP contribution in [0.2, 0.25) is 0 Å². The Labute approximate surface area is 78.1 Å². The Kier molecular flexibility index (Phi) is 3.64. The van der Waals surface area contributed by atoms with E-state index in [0.29, 0.717) is 12.4 Å². The molecule has 1 aromatic heterocycles. The molecule has 4 heteroatoms. The quantitative estimate of drug-likeness (QED) is 0.757. The Morgan fingerprint density at radius 3 is 2.85 bits per heavy atom. The highest BCUT2D eigenvalue weighted by atomic mass is 16.5. The zero-order valence-corrected chi connectivity index (χ0v) is 8.08. The number of hydrogen-bond donors (Lipinski definition) is 1. The minimum atomic E-state index is 0.470. The van der Waals surface area contributed by atoms with E-state index in [0.717, 1.165) is 24.2 Å². The van der Waals surface area contributed by atoms with E-state index < -0.39 is 0 Å². The molecule has 0 aromatic carbocycles. The van der Waals surface area contributed by atoms with Crippen LogP contribution in [0.1, 0.15) is 24.7 Å². The first kappa shape index (κ1) is 9.92. The van der Waals surface area contributed by atoms with Gasteiger partial charge in [-0.3, -0.25) is 0 Å². The standard InChI is InChI=1S/C9H15N3O/c1-3-4-8-11-5-7(6-13-2)9(10)12-8/h5H,3-4,6H2,1-2H3,(H2,10,11,12). The van der Waals surface area contributed by atoms with E-state index >= 15 is 0 Å². The first-order valence-corrected chi connectivity index (χ1v) is 4.37. The first-order chi connectivity index (χ1) is 6.27. The summed E-state index contributed by atoms with van der Waals surface area (Å²) >= 11 is 0. The molecule has 1 aromatic rings. The number of aryl methyl sites for hydroxylation is 1. The molecule has 0 aliphatic heterocycles. The van der Waals surface area contributed by atoms with Gasteiger partial charge in [0.05, 0.1) is 6.61 Å². The zero-order chi connectivity index (χ0) is 9.68. The molecule has 72 valence electrons. The minimum absolute atomic E-state index is 0.470. The molecule has 0 radical (unpaired) electrons. The third kappa shape index (κ3) is 2.66. The fraction of sp³-hybridized carbons (Fsp3) is 0.556. The lowest BCUT2D eigenvalue weighted by molar-refractivity contribution is 0.185. The molecule has 0 spiro atoms. The largest absolute Gasteiger partial charge is 0.383 e. The summed E-state index contributed by atoms with van der Waals surface area (Å²) in [5.41, 5.74) is 6.56. The highest BCUT2D eigenvalue weighted by Gasteiger charge is 2.02. The predicted molar refractivity (Wildman–Crippen MR) is 51.2 cm³/mol. The van der Waals surface area contributed by atoms with E-state index in [-0.39, 0.29) is 0 Å². The number of anilines is 1. The van der Waals surface area contributed by atoms with Crippen molar-refractivity contribution in [3.8, 4) is 0 Å². The number of nitrogens with zero attached hydrogens (tertiary/aromatic N) is 2. The van der Waals surface area contributed by atoms with Crippen molar-refractivity contribution in [3.63, 3.8) is 0 Å². The van der Waals surface area contributed by atoms with Crippen molar-refractivity contribution in [3.05, 3.63) is 17.6 Å². The molecular formula is C9H15N3O. The second-order valence-electron chi connectivity index (χ2n) is 2.88. The zero-order valence-electron chi connectivity index (χ0n) is 8.08. The Balaban J connectivity index is 2.79. The van der Waals surface area contributed by atoms with Crippen LogP contribution in [0.15, 0.2) is 6.20 Å². The predicted octanol–water partition coefficient (Wildman–Crippen LogP) is 1.16. The van der Waals surface area contributed by atoms with E-state index in [9.17, 15) is 0 Å². The normalized spacial score (nSPS) is 10.3. The van der Waals surface area contributed by atoms with Gasteiger partial charge in [-0.05, 0) is 6.42 Å². The molecule has 0 saturated carbocycles. The lowest BCUT2D eigenvalue weighted by Gasteiger charge is -2.04. The van der Waals surface area contributed by atoms with Crippen LogP contribution in [-0.2, 0) is 17.8 Å². The summed E-state index contributed by atoms with van der Waals surface area (Å²) in [5, 5.41) is 0. The molecule has 1 heterocycles. The smallest absolute Gasteiger partial charge is 0.132 e. The van der Waals surface area contributed by atoms with Crippen LogP contribution in [0.5, 0.6) is 0 Å². The number of nitrogen functional groups attached to an aromatic ring is 1. The molecule has 0 bridgehead atoms. The molecule has 1 rings (SSSR count). The monoisotopic (exact) mass is 181 g/mol. The van der Waals surface area contributed by atoms with Crippen molar-refractivity contribution < 1.29 is 4.74 Å². The average molecular weight is 181 g/mol. The molecule has 0 unspecified atom stereocenters. The van der Waals surface area contributed by atoms with Crippen molar-refractivity contribution in [1.82, 2.24) is 9.97 Å². The van der Waals surface area contributed by atoms with Gasteiger partial charge in [0, 0.05) is 25.3 Å². The second kappa shape index (κ2) is 4.77. The fourth-order valence-corrected chi connectivity index (χ4v) is 1.07. The number of rotatable bonds is 4. The average Bonchev–Trinajstić information content (AvgIpc) is 2.10. The van der Waals surface area contributed by atoms with Gasteiger partial charge in [0.15, 0.2) is 0 Å². The van der Waals surface area contributed by atoms with Gasteiger partial charge in [-0.1, -0.05) is 6.92 Å². The van der Waals surface area contributed by atoms with E-state index in [1.54, 1.807) is 13.3 Å². The number of methoxy groups -OCH3 is 1. The van der Waals surface area contributed by atoms with E-state index in [1.807, 2.05) is 0 Å². The topological polar surface area (TPSA) is 61.0 Å². The molecule has 0 aliphatic carbocycles. The van der Waals surface area contributed by atoms with Crippen molar-refractivity contribution in [2.75, 3.05) is 12.8 Å². The highest BCUT2D eigenvalue weighted by Crippen LogP contribution is 2.09. The van der Waals surface area contributed by atoms with Gasteiger partial charge < -0.3 is 10.5 Å². The van der Waals surface area contributed by atoms with Crippen molar-refractivity contribution in [1.29, 1.82) is 0 Å². The van der Waals surface area contributed by atoms with Gasteiger partial charge in [0.2, 0.25) is 0 Å². The molecule has 2 N–H and O–H groups in total. The van der Waals surface area contributed by atoms with Crippen molar-refractivity contribution in [2.24, 2.45) is 0 Å². The van der Waals surface area contributed by atoms with Gasteiger partial charge in [-0.2, -0.15) is 0 Å². The van der Waals surface area contributed by atoms with Gasteiger partial charge in [0.1, 0.15) is 11.6 Å². The maximum absolute atomic E-state index is 5.71. The molecule has 0 atom stereocenters. The molecule has 0 fully saturated rings. The van der Waals surface area contributed by atoms with Crippen molar-refractivity contribution >= 4 is 5.82 Å². The van der Waals surface area contributed by atoms with Gasteiger partial charge in [-0.25, -0.2) is 9.97 Å². The third-order valence-corrected chi connectivity index (χ3v) is 1.72. The Hall–Kier alpha value is -1.16. The summed E-state index contributed by atoms with van der Waals surface area (Å²) in [6, 6.07) is 0. The molecule has 13 heavy (non-hydrogen) atoms. The number of ether oxygens (including phenoxy) is 1. The number of nitrogens with two attached hydrogens (primary N) is 1. The summed E-state index contributed by atoms with van der Waals surface area (Å²) in [5.74, 6) is 1.33. The van der Waals surface area contributed by atoms with Crippen LogP contribution in [0, 0.1) is 0 Å². The minimum Gasteiger partial charge on any atom is -0.383 e. The summed E-state index contributed by atoms with van der Waals surface area (Å²) in [6.07, 6.45) is 3.64. The Morgan fingerprint density at radius 1 is 1.54 bits per heavy atom. The summed E-state index contributed by atoms with van der Waals surface area (Å²) in [4.78, 5) is 8.34. The van der Waals surface area contributed by atoms with E-state index in [1.165, 1.54) is 0 Å². The maximum atomic E-state index is 5.71. The SMILES string of the molecule is CCCc1ncc(COC)c(N)n1. The molecule has 0 saturated heterocycles. The Bertz CT molecular complexity index is 276. The molecular weight excluding hydrogens is 166 g/mol. The Morgan fingerprint density at radius 2 is 2.31 bits per heavy atom. The molecule has 4 nitrogen and oxygen atoms in total. The fourth-order valence-electron chi connectivity index (χ4n) is 1.07. The van der Waals surface area contributed by atoms with Crippen LogP contribution in [0.25, 0.3) is 0 Å². The lowest BCUT2D eigenvalue weighted by Crippen LogP contribution is -2.04. The van der Waals surface area contributed by atoms with Crippen LogP contribution in [0.4, 0.5) is 5.82 Å². The second-order valence-corrected chi connectivity index (χ2v) is 2.88. The summed E-state index contributed by atoms with van der Waals surface area (Å²) in [7, 11) is 1.62. The molecule has 0 amide bonds. The van der Waals surface area contributed by atoms with Gasteiger partial charge in [-0.15, -0.1) is 0 Å².